The minimum absolute atomic E-state index is 0.0660. The lowest BCUT2D eigenvalue weighted by Crippen LogP contribution is -2.39. The monoisotopic (exact) mass is 519 g/mol. The molecule has 0 aliphatic rings. The maximum Gasteiger partial charge on any atom is 0.264 e. The van der Waals surface area contributed by atoms with Crippen molar-refractivity contribution >= 4 is 51.0 Å². The van der Waals surface area contributed by atoms with Crippen molar-refractivity contribution < 1.29 is 17.9 Å². The minimum Gasteiger partial charge on any atom is -0.494 e. The molecule has 0 atom stereocenters. The molecule has 3 aromatic carbocycles. The number of anilines is 1. The zero-order chi connectivity index (χ0) is 24.7. The number of carbonyl (C=O) groups is 1. The molecule has 1 N–H and O–H groups in total. The fourth-order valence-corrected chi connectivity index (χ4v) is 4.85. The van der Waals surface area contributed by atoms with Crippen molar-refractivity contribution in [3.05, 3.63) is 87.9 Å². The molecule has 7 nitrogen and oxygen atoms in total. The van der Waals surface area contributed by atoms with E-state index in [1.807, 2.05) is 13.8 Å². The Labute approximate surface area is 209 Å². The van der Waals surface area contributed by atoms with E-state index in [9.17, 15) is 13.2 Å². The molecule has 0 bridgehead atoms. The summed E-state index contributed by atoms with van der Waals surface area (Å²) in [7, 11) is -4.04. The van der Waals surface area contributed by atoms with E-state index in [-0.39, 0.29) is 4.90 Å². The fraction of sp³-hybridized carbons (Fsp3) is 0.167. The number of amides is 1. The summed E-state index contributed by atoms with van der Waals surface area (Å²) in [6, 6.07) is 17.7. The normalized spacial score (nSPS) is 11.4. The molecule has 0 saturated heterocycles. The number of carbonyl (C=O) groups excluding carboxylic acids is 1. The zero-order valence-corrected chi connectivity index (χ0v) is 20.9. The van der Waals surface area contributed by atoms with E-state index >= 15 is 0 Å². The van der Waals surface area contributed by atoms with Gasteiger partial charge in [-0.15, -0.1) is 0 Å². The van der Waals surface area contributed by atoms with Gasteiger partial charge in [-0.2, -0.15) is 5.10 Å². The largest absolute Gasteiger partial charge is 0.494 e. The summed E-state index contributed by atoms with van der Waals surface area (Å²) in [5, 5.41) is 4.73. The summed E-state index contributed by atoms with van der Waals surface area (Å²) in [4.78, 5) is 12.7. The average Bonchev–Trinajstić information content (AvgIpc) is 2.80. The van der Waals surface area contributed by atoms with Gasteiger partial charge in [0.25, 0.3) is 15.9 Å². The quantitative estimate of drug-likeness (QED) is 0.316. The summed E-state index contributed by atoms with van der Waals surface area (Å²) in [5.74, 6) is -0.0428. The van der Waals surface area contributed by atoms with E-state index in [0.29, 0.717) is 33.7 Å². The molecule has 0 heterocycles. The molecule has 0 unspecified atom stereocenters. The highest BCUT2D eigenvalue weighted by atomic mass is 35.5. The van der Waals surface area contributed by atoms with Crippen molar-refractivity contribution in [2.45, 2.75) is 18.7 Å². The maximum absolute atomic E-state index is 13.4. The second-order valence-electron chi connectivity index (χ2n) is 7.21. The van der Waals surface area contributed by atoms with Crippen molar-refractivity contribution in [3.8, 4) is 5.75 Å². The van der Waals surface area contributed by atoms with Gasteiger partial charge in [0.1, 0.15) is 12.3 Å². The summed E-state index contributed by atoms with van der Waals surface area (Å²) < 4.78 is 33.3. The molecule has 3 aromatic rings. The highest BCUT2D eigenvalue weighted by Crippen LogP contribution is 2.26. The Morgan fingerprint density at radius 2 is 1.74 bits per heavy atom. The molecule has 0 spiro atoms. The highest BCUT2D eigenvalue weighted by molar-refractivity contribution is 7.92. The SMILES string of the molecule is CCOc1ccc(N(CC(=O)N/N=C/c2ccc(Cl)cc2Cl)S(=O)(=O)c2ccc(C)cc2)cc1. The van der Waals surface area contributed by atoms with Crippen LogP contribution in [0.1, 0.15) is 18.1 Å². The first-order valence-electron chi connectivity index (χ1n) is 10.3. The Kier molecular flexibility index (Phi) is 8.55. The molecule has 178 valence electrons. The Hall–Kier alpha value is -3.07. The third-order valence-electron chi connectivity index (χ3n) is 4.69. The van der Waals surface area contributed by atoms with Gasteiger partial charge < -0.3 is 4.74 Å². The molecule has 0 fully saturated rings. The predicted molar refractivity (Wildman–Crippen MR) is 136 cm³/mol. The standard InChI is InChI=1S/C24H23Cl2N3O4S/c1-3-33-21-10-8-20(9-11-21)29(34(31,32)22-12-4-17(2)5-13-22)16-24(30)28-27-15-18-6-7-19(25)14-23(18)26/h4-15H,3,16H2,1-2H3,(H,28,30)/b27-15+. The predicted octanol–water partition coefficient (Wildman–Crippen LogP) is 5.05. The molecule has 0 radical (unpaired) electrons. The van der Waals surface area contributed by atoms with Crippen LogP contribution < -0.4 is 14.5 Å². The first-order valence-corrected chi connectivity index (χ1v) is 12.5. The Morgan fingerprint density at radius 1 is 1.06 bits per heavy atom. The van der Waals surface area contributed by atoms with Gasteiger partial charge in [-0.25, -0.2) is 13.8 Å². The number of nitrogens with zero attached hydrogens (tertiary/aromatic N) is 2. The maximum atomic E-state index is 13.4. The molecule has 0 saturated carbocycles. The topological polar surface area (TPSA) is 88.1 Å². The summed E-state index contributed by atoms with van der Waals surface area (Å²) in [5.41, 5.74) is 4.11. The van der Waals surface area contributed by atoms with Crippen LogP contribution in [0.3, 0.4) is 0 Å². The third kappa shape index (κ3) is 6.50. The van der Waals surface area contributed by atoms with Crippen LogP contribution in [0.4, 0.5) is 5.69 Å². The lowest BCUT2D eigenvalue weighted by atomic mass is 10.2. The van der Waals surface area contributed by atoms with Crippen molar-refractivity contribution in [3.63, 3.8) is 0 Å². The number of ether oxygens (including phenoxy) is 1. The number of hydrogen-bond donors (Lipinski definition) is 1. The van der Waals surface area contributed by atoms with Gasteiger partial charge in [-0.3, -0.25) is 9.10 Å². The minimum atomic E-state index is -4.04. The molecule has 1 amide bonds. The number of hydrogen-bond acceptors (Lipinski definition) is 5. The number of nitrogens with one attached hydrogen (secondary N) is 1. The molecule has 34 heavy (non-hydrogen) atoms. The van der Waals surface area contributed by atoms with Gasteiger partial charge in [0.2, 0.25) is 0 Å². The van der Waals surface area contributed by atoms with Crippen molar-refractivity contribution in [1.29, 1.82) is 0 Å². The van der Waals surface area contributed by atoms with Gasteiger partial charge in [0.15, 0.2) is 0 Å². The number of rotatable bonds is 9. The van der Waals surface area contributed by atoms with Crippen LogP contribution in [-0.2, 0) is 14.8 Å². The van der Waals surface area contributed by atoms with E-state index in [1.54, 1.807) is 54.6 Å². The van der Waals surface area contributed by atoms with Gasteiger partial charge in [-0.1, -0.05) is 47.0 Å². The van der Waals surface area contributed by atoms with E-state index < -0.39 is 22.5 Å². The molecule has 0 aliphatic carbocycles. The molecular weight excluding hydrogens is 497 g/mol. The van der Waals surface area contributed by atoms with Crippen LogP contribution in [-0.4, -0.2) is 33.7 Å². The first-order chi connectivity index (χ1) is 16.2. The van der Waals surface area contributed by atoms with Gasteiger partial charge in [0, 0.05) is 10.6 Å². The van der Waals surface area contributed by atoms with E-state index in [0.717, 1.165) is 9.87 Å². The number of hydrazone groups is 1. The van der Waals surface area contributed by atoms with Crippen LogP contribution in [0.2, 0.25) is 10.0 Å². The smallest absolute Gasteiger partial charge is 0.264 e. The lowest BCUT2D eigenvalue weighted by molar-refractivity contribution is -0.119. The first kappa shape index (κ1) is 25.6. The molecule has 3 rings (SSSR count). The van der Waals surface area contributed by atoms with Crippen molar-refractivity contribution in [1.82, 2.24) is 5.43 Å². The van der Waals surface area contributed by atoms with Crippen LogP contribution in [0, 0.1) is 6.92 Å². The second kappa shape index (κ2) is 11.4. The van der Waals surface area contributed by atoms with Crippen molar-refractivity contribution in [2.75, 3.05) is 17.5 Å². The molecular formula is C24H23Cl2N3O4S. The van der Waals surface area contributed by atoms with Gasteiger partial charge in [0.05, 0.1) is 28.4 Å². The Morgan fingerprint density at radius 3 is 2.35 bits per heavy atom. The van der Waals surface area contributed by atoms with Crippen molar-refractivity contribution in [2.24, 2.45) is 5.10 Å². The van der Waals surface area contributed by atoms with E-state index in [4.69, 9.17) is 27.9 Å². The summed E-state index contributed by atoms with van der Waals surface area (Å²) in [6.45, 7) is 3.70. The van der Waals surface area contributed by atoms with Gasteiger partial charge in [-0.05, 0) is 62.4 Å². The van der Waals surface area contributed by atoms with Crippen LogP contribution >= 0.6 is 23.2 Å². The second-order valence-corrected chi connectivity index (χ2v) is 9.92. The number of aryl methyl sites for hydroxylation is 1. The highest BCUT2D eigenvalue weighted by Gasteiger charge is 2.27. The summed E-state index contributed by atoms with van der Waals surface area (Å²) >= 11 is 12.0. The zero-order valence-electron chi connectivity index (χ0n) is 18.5. The fourth-order valence-electron chi connectivity index (χ4n) is 2.97. The van der Waals surface area contributed by atoms with Gasteiger partial charge >= 0.3 is 0 Å². The van der Waals surface area contributed by atoms with E-state index in [2.05, 4.69) is 10.5 Å². The summed E-state index contributed by atoms with van der Waals surface area (Å²) in [6.07, 6.45) is 1.35. The van der Waals surface area contributed by atoms with Crippen LogP contribution in [0.5, 0.6) is 5.75 Å². The lowest BCUT2D eigenvalue weighted by Gasteiger charge is -2.24. The number of benzene rings is 3. The van der Waals surface area contributed by atoms with E-state index in [1.165, 1.54) is 18.3 Å². The van der Waals surface area contributed by atoms with Crippen LogP contribution in [0.15, 0.2) is 76.7 Å². The Balaban J connectivity index is 1.85. The average molecular weight is 520 g/mol. The number of sulfonamides is 1. The Bertz CT molecular complexity index is 1280. The molecule has 10 heteroatoms. The molecule has 0 aliphatic heterocycles. The number of halogens is 2. The molecule has 0 aromatic heterocycles. The van der Waals surface area contributed by atoms with Crippen LogP contribution in [0.25, 0.3) is 0 Å². The third-order valence-corrected chi connectivity index (χ3v) is 7.04.